The smallest absolute Gasteiger partial charge is 0.168 e. The van der Waals surface area contributed by atoms with E-state index in [9.17, 15) is 0 Å². The Labute approximate surface area is 78.0 Å². The normalized spacial score (nSPS) is 39.6. The molecule has 0 aromatic carbocycles. The second kappa shape index (κ2) is 2.98. The van der Waals surface area contributed by atoms with Gasteiger partial charge >= 0.3 is 0 Å². The molecule has 1 saturated heterocycles. The highest BCUT2D eigenvalue weighted by molar-refractivity contribution is 7.50. The average molecular weight is 234 g/mol. The molecule has 1 fully saturated rings. The molecule has 0 amide bonds. The average Bonchev–Trinajstić information content (AvgIpc) is 1.56. The van der Waals surface area contributed by atoms with E-state index in [2.05, 4.69) is 6.55 Å². The Morgan fingerprint density at radius 1 is 1.10 bits per heavy atom. The quantitative estimate of drug-likeness (QED) is 0.443. The Bertz CT molecular complexity index is 121. The molecule has 0 aromatic heterocycles. The van der Waals surface area contributed by atoms with Gasteiger partial charge in [-0.15, -0.1) is 22.2 Å². The largest absolute Gasteiger partial charge is 0.250 e. The Morgan fingerprint density at radius 2 is 1.70 bits per heavy atom. The second-order valence-electron chi connectivity index (χ2n) is 3.30. The minimum atomic E-state index is -1.85. The van der Waals surface area contributed by atoms with Crippen LogP contribution >= 0.6 is 33.2 Å². The van der Waals surface area contributed by atoms with Gasteiger partial charge < -0.3 is 0 Å². The fraction of sp³-hybridized carbons (Fsp3) is 1.00. The van der Waals surface area contributed by atoms with Crippen molar-refractivity contribution in [3.8, 4) is 0 Å². The van der Waals surface area contributed by atoms with Gasteiger partial charge in [0, 0.05) is 0 Å². The summed E-state index contributed by atoms with van der Waals surface area (Å²) in [6, 6.07) is 2.24. The lowest BCUT2D eigenvalue weighted by atomic mass is 10.6. The lowest BCUT2D eigenvalue weighted by Gasteiger charge is -2.31. The van der Waals surface area contributed by atoms with Crippen LogP contribution in [0.25, 0.3) is 0 Å². The summed E-state index contributed by atoms with van der Waals surface area (Å²) in [5.41, 5.74) is 0.977. The van der Waals surface area contributed by atoms with E-state index in [1.165, 1.54) is 6.04 Å². The summed E-state index contributed by atoms with van der Waals surface area (Å²) in [6.07, 6.45) is 1.16. The summed E-state index contributed by atoms with van der Waals surface area (Å²) in [5, 5.41) is 0. The molecule has 0 saturated carbocycles. The van der Waals surface area contributed by atoms with Crippen molar-refractivity contribution < 1.29 is 0 Å². The van der Waals surface area contributed by atoms with E-state index in [0.717, 1.165) is 18.1 Å². The predicted molar refractivity (Wildman–Crippen MR) is 54.0 cm³/mol. The van der Waals surface area contributed by atoms with Gasteiger partial charge in [0.25, 0.3) is 0 Å². The summed E-state index contributed by atoms with van der Waals surface area (Å²) in [5.74, 6) is 0. The van der Waals surface area contributed by atoms with Gasteiger partial charge in [0.1, 0.15) is 0 Å². The molecule has 1 unspecified atom stereocenters. The summed E-state index contributed by atoms with van der Waals surface area (Å²) in [4.78, 5) is 0. The monoisotopic (exact) mass is 232 g/mol. The second-order valence-corrected chi connectivity index (χ2v) is 17.9. The molecule has 0 nitrogen and oxygen atoms in total. The summed E-state index contributed by atoms with van der Waals surface area (Å²) < 4.78 is 0. The molecule has 5 heteroatoms. The standard InChI is InChI=1S/C5H11Cl3Si2/c1-9(6)3-2-4-10(7,8)5-9/h2-5H2,1H3. The van der Waals surface area contributed by atoms with E-state index in [1.54, 1.807) is 0 Å². The van der Waals surface area contributed by atoms with Crippen LogP contribution in [0.3, 0.4) is 0 Å². The molecular formula is C5H11Cl3Si2. The molecule has 0 aromatic rings. The Morgan fingerprint density at radius 3 is 2.00 bits per heavy atom. The van der Waals surface area contributed by atoms with Crippen molar-refractivity contribution in [2.45, 2.75) is 30.7 Å². The van der Waals surface area contributed by atoms with Crippen LogP contribution in [0.5, 0.6) is 0 Å². The molecule has 1 aliphatic rings. The van der Waals surface area contributed by atoms with E-state index in [4.69, 9.17) is 33.2 Å². The van der Waals surface area contributed by atoms with E-state index in [1.807, 2.05) is 0 Å². The minimum absolute atomic E-state index is 0.977. The first-order chi connectivity index (χ1) is 4.41. The topological polar surface area (TPSA) is 0 Å². The molecule has 1 atom stereocenters. The zero-order valence-corrected chi connectivity index (χ0v) is 10.2. The fourth-order valence-electron chi connectivity index (χ4n) is 1.43. The van der Waals surface area contributed by atoms with Crippen LogP contribution in [0, 0.1) is 0 Å². The maximum atomic E-state index is 6.26. The Balaban J connectivity index is 2.56. The number of hydrogen-bond acceptors (Lipinski definition) is 0. The van der Waals surface area contributed by atoms with Gasteiger partial charge in [0.15, 0.2) is 7.38 Å². The van der Waals surface area contributed by atoms with Crippen molar-refractivity contribution in [2.24, 2.45) is 0 Å². The van der Waals surface area contributed by atoms with Crippen LogP contribution < -0.4 is 0 Å². The first kappa shape index (κ1) is 9.39. The van der Waals surface area contributed by atoms with Crippen LogP contribution in [0.2, 0.25) is 24.3 Å². The minimum Gasteiger partial charge on any atom is -0.168 e. The molecule has 0 spiro atoms. The van der Waals surface area contributed by atoms with Crippen molar-refractivity contribution in [3.05, 3.63) is 0 Å². The summed E-state index contributed by atoms with van der Waals surface area (Å²) in [6.45, 7) is 0.315. The number of halogens is 3. The van der Waals surface area contributed by atoms with Crippen LogP contribution in [-0.4, -0.2) is 14.1 Å². The lowest BCUT2D eigenvalue weighted by Crippen LogP contribution is -2.38. The van der Waals surface area contributed by atoms with Gasteiger partial charge in [0.05, 0.1) is 0 Å². The zero-order chi connectivity index (χ0) is 7.83. The molecule has 1 rings (SSSR count). The third-order valence-corrected chi connectivity index (χ3v) is 14.7. The van der Waals surface area contributed by atoms with Crippen molar-refractivity contribution in [1.82, 2.24) is 0 Å². The first-order valence-corrected chi connectivity index (χ1v) is 11.8. The van der Waals surface area contributed by atoms with Crippen molar-refractivity contribution >= 4 is 47.3 Å². The Hall–Kier alpha value is 1.30. The molecule has 1 heterocycles. The summed E-state index contributed by atoms with van der Waals surface area (Å²) >= 11 is 18.5. The van der Waals surface area contributed by atoms with Gasteiger partial charge in [-0.2, -0.15) is 11.1 Å². The molecule has 0 N–H and O–H groups in total. The SMILES string of the molecule is C[Si]1(Cl)CCC[Si](Cl)(Cl)C1. The molecule has 60 valence electrons. The lowest BCUT2D eigenvalue weighted by molar-refractivity contribution is 1.01. The van der Waals surface area contributed by atoms with E-state index < -0.39 is 14.1 Å². The highest BCUT2D eigenvalue weighted by atomic mass is 35.7. The molecule has 0 bridgehead atoms. The van der Waals surface area contributed by atoms with Gasteiger partial charge in [0.2, 0.25) is 6.69 Å². The van der Waals surface area contributed by atoms with E-state index >= 15 is 0 Å². The zero-order valence-electron chi connectivity index (χ0n) is 5.96. The van der Waals surface area contributed by atoms with Crippen molar-refractivity contribution in [1.29, 1.82) is 0 Å². The Kier molecular flexibility index (Phi) is 2.80. The highest BCUT2D eigenvalue weighted by Crippen LogP contribution is 2.41. The maximum absolute atomic E-state index is 6.26. The van der Waals surface area contributed by atoms with Gasteiger partial charge in [-0.3, -0.25) is 0 Å². The van der Waals surface area contributed by atoms with E-state index in [0.29, 0.717) is 0 Å². The van der Waals surface area contributed by atoms with Crippen molar-refractivity contribution in [3.63, 3.8) is 0 Å². The van der Waals surface area contributed by atoms with Crippen LogP contribution in [-0.2, 0) is 0 Å². The molecule has 0 aliphatic carbocycles. The molecule has 1 aliphatic heterocycles. The van der Waals surface area contributed by atoms with Crippen LogP contribution in [0.4, 0.5) is 0 Å². The highest BCUT2D eigenvalue weighted by Gasteiger charge is 2.42. The van der Waals surface area contributed by atoms with Gasteiger partial charge in [-0.05, 0) is 17.8 Å². The predicted octanol–water partition coefficient (Wildman–Crippen LogP) is 3.66. The third-order valence-electron chi connectivity index (χ3n) is 1.87. The maximum Gasteiger partial charge on any atom is 0.250 e. The molecule has 0 radical (unpaired) electrons. The van der Waals surface area contributed by atoms with Gasteiger partial charge in [-0.25, -0.2) is 0 Å². The first-order valence-electron chi connectivity index (χ1n) is 3.48. The van der Waals surface area contributed by atoms with Gasteiger partial charge in [-0.1, -0.05) is 13.0 Å². The summed E-state index contributed by atoms with van der Waals surface area (Å²) in [7, 11) is -1.46. The van der Waals surface area contributed by atoms with Crippen molar-refractivity contribution in [2.75, 3.05) is 0 Å². The number of rotatable bonds is 0. The number of hydrogen-bond donors (Lipinski definition) is 0. The fourth-order valence-corrected chi connectivity index (χ4v) is 18.9. The molecule has 10 heavy (non-hydrogen) atoms. The van der Waals surface area contributed by atoms with Crippen LogP contribution in [0.15, 0.2) is 0 Å². The third kappa shape index (κ3) is 2.74. The molecular weight excluding hydrogens is 223 g/mol. The van der Waals surface area contributed by atoms with Crippen LogP contribution in [0.1, 0.15) is 6.42 Å². The van der Waals surface area contributed by atoms with E-state index in [-0.39, 0.29) is 0 Å².